The summed E-state index contributed by atoms with van der Waals surface area (Å²) in [7, 11) is -3.82. The van der Waals surface area contributed by atoms with Crippen LogP contribution in [0, 0.1) is 0 Å². The number of carbonyl (C=O) groups excluding carboxylic acids is 1. The zero-order valence-electron chi connectivity index (χ0n) is 17.3. The van der Waals surface area contributed by atoms with Crippen molar-refractivity contribution in [2.75, 3.05) is 29.5 Å². The summed E-state index contributed by atoms with van der Waals surface area (Å²) < 4.78 is 39.3. The van der Waals surface area contributed by atoms with Crippen LogP contribution < -0.4 is 19.5 Å². The molecule has 1 aliphatic rings. The third-order valence-electron chi connectivity index (χ3n) is 4.78. The van der Waals surface area contributed by atoms with Crippen molar-refractivity contribution in [2.45, 2.75) is 16.2 Å². The Labute approximate surface area is 191 Å². The molecule has 0 saturated carbocycles. The van der Waals surface area contributed by atoms with Crippen molar-refractivity contribution in [1.29, 1.82) is 0 Å². The molecule has 0 fully saturated rings. The Bertz CT molecular complexity index is 1230. The highest BCUT2D eigenvalue weighted by atomic mass is 32.2. The van der Waals surface area contributed by atoms with Crippen molar-refractivity contribution in [3.63, 3.8) is 0 Å². The van der Waals surface area contributed by atoms with Gasteiger partial charge in [0.2, 0.25) is 0 Å². The molecule has 0 spiro atoms. The molecule has 3 aromatic rings. The SMILES string of the molecule is CSc1ccccc1C(=O)Nc1ccc(NS(=O)(=O)c2ccc3c(c2)OCCCO3)cc1. The van der Waals surface area contributed by atoms with Crippen molar-refractivity contribution in [1.82, 2.24) is 0 Å². The van der Waals surface area contributed by atoms with Crippen molar-refractivity contribution < 1.29 is 22.7 Å². The predicted molar refractivity (Wildman–Crippen MR) is 125 cm³/mol. The molecular weight excluding hydrogens is 448 g/mol. The fourth-order valence-corrected chi connectivity index (χ4v) is 4.85. The van der Waals surface area contributed by atoms with Crippen LogP contribution in [-0.2, 0) is 10.0 Å². The van der Waals surface area contributed by atoms with Gasteiger partial charge in [-0.3, -0.25) is 9.52 Å². The van der Waals surface area contributed by atoms with Gasteiger partial charge in [0, 0.05) is 28.8 Å². The molecule has 9 heteroatoms. The quantitative estimate of drug-likeness (QED) is 0.511. The molecule has 0 aromatic heterocycles. The van der Waals surface area contributed by atoms with Crippen LogP contribution in [0.2, 0.25) is 0 Å². The van der Waals surface area contributed by atoms with Crippen molar-refractivity contribution >= 4 is 39.1 Å². The highest BCUT2D eigenvalue weighted by Crippen LogP contribution is 2.32. The Morgan fingerprint density at radius 1 is 0.906 bits per heavy atom. The highest BCUT2D eigenvalue weighted by Gasteiger charge is 2.19. The molecule has 4 rings (SSSR count). The Kier molecular flexibility index (Phi) is 6.57. The molecule has 0 atom stereocenters. The van der Waals surface area contributed by atoms with Gasteiger partial charge >= 0.3 is 0 Å². The smallest absolute Gasteiger partial charge is 0.262 e. The fraction of sp³-hybridized carbons (Fsp3) is 0.174. The second-order valence-corrected chi connectivity index (χ2v) is 9.53. The first-order valence-corrected chi connectivity index (χ1v) is 12.6. The normalized spacial score (nSPS) is 13.2. The van der Waals surface area contributed by atoms with E-state index in [4.69, 9.17) is 9.47 Å². The number of hydrogen-bond donors (Lipinski definition) is 2. The number of benzene rings is 3. The number of sulfonamides is 1. The lowest BCUT2D eigenvalue weighted by Gasteiger charge is -2.12. The second-order valence-electron chi connectivity index (χ2n) is 7.00. The van der Waals surface area contributed by atoms with E-state index in [9.17, 15) is 13.2 Å². The minimum atomic E-state index is -3.82. The second kappa shape index (κ2) is 9.54. The predicted octanol–water partition coefficient (Wildman–Crippen LogP) is 4.62. The molecule has 1 heterocycles. The largest absolute Gasteiger partial charge is 0.490 e. The number of carbonyl (C=O) groups is 1. The molecule has 32 heavy (non-hydrogen) atoms. The average Bonchev–Trinajstić information content (AvgIpc) is 3.05. The van der Waals surface area contributed by atoms with E-state index in [1.54, 1.807) is 36.4 Å². The summed E-state index contributed by atoms with van der Waals surface area (Å²) in [6, 6.07) is 18.4. The molecule has 7 nitrogen and oxygen atoms in total. The summed E-state index contributed by atoms with van der Waals surface area (Å²) in [6.07, 6.45) is 2.65. The average molecular weight is 471 g/mol. The lowest BCUT2D eigenvalue weighted by molar-refractivity contribution is 0.102. The van der Waals surface area contributed by atoms with Crippen molar-refractivity contribution in [3.8, 4) is 11.5 Å². The van der Waals surface area contributed by atoms with Crippen LogP contribution in [0.1, 0.15) is 16.8 Å². The van der Waals surface area contributed by atoms with Crippen LogP contribution in [-0.4, -0.2) is 33.8 Å². The minimum absolute atomic E-state index is 0.0767. The van der Waals surface area contributed by atoms with Crippen LogP contribution in [0.5, 0.6) is 11.5 Å². The van der Waals surface area contributed by atoms with E-state index in [0.717, 1.165) is 11.3 Å². The van der Waals surface area contributed by atoms with E-state index in [1.165, 1.54) is 23.9 Å². The monoisotopic (exact) mass is 470 g/mol. The Balaban J connectivity index is 1.46. The zero-order chi connectivity index (χ0) is 22.6. The van der Waals surface area contributed by atoms with Gasteiger partial charge in [0.1, 0.15) is 0 Å². The zero-order valence-corrected chi connectivity index (χ0v) is 19.0. The van der Waals surface area contributed by atoms with Crippen molar-refractivity contribution in [2.24, 2.45) is 0 Å². The molecule has 0 radical (unpaired) electrons. The number of thioether (sulfide) groups is 1. The molecule has 2 N–H and O–H groups in total. The number of anilines is 2. The van der Waals surface area contributed by atoms with Gasteiger partial charge in [-0.25, -0.2) is 8.42 Å². The Hall–Kier alpha value is -3.17. The molecule has 0 bridgehead atoms. The van der Waals surface area contributed by atoms with E-state index in [0.29, 0.717) is 41.7 Å². The van der Waals surface area contributed by atoms with Gasteiger partial charge in [0.05, 0.1) is 23.7 Å². The summed E-state index contributed by atoms with van der Waals surface area (Å²) >= 11 is 1.50. The fourth-order valence-electron chi connectivity index (χ4n) is 3.18. The summed E-state index contributed by atoms with van der Waals surface area (Å²) in [4.78, 5) is 13.5. The van der Waals surface area contributed by atoms with E-state index in [1.807, 2.05) is 24.5 Å². The lowest BCUT2D eigenvalue weighted by Crippen LogP contribution is -2.14. The molecule has 0 aliphatic carbocycles. The van der Waals surface area contributed by atoms with Crippen LogP contribution >= 0.6 is 11.8 Å². The first kappa shape index (κ1) is 22.0. The summed E-state index contributed by atoms with van der Waals surface area (Å²) in [5.74, 6) is 0.717. The number of amides is 1. The van der Waals surface area contributed by atoms with E-state index in [-0.39, 0.29) is 10.8 Å². The maximum atomic E-state index is 12.8. The van der Waals surface area contributed by atoms with Crippen LogP contribution in [0.25, 0.3) is 0 Å². The molecule has 166 valence electrons. The van der Waals surface area contributed by atoms with Gasteiger partial charge in [-0.2, -0.15) is 0 Å². The molecule has 1 aliphatic heterocycles. The third-order valence-corrected chi connectivity index (χ3v) is 6.95. The minimum Gasteiger partial charge on any atom is -0.490 e. The summed E-state index contributed by atoms with van der Waals surface area (Å²) in [5.41, 5.74) is 1.52. The first-order chi connectivity index (χ1) is 15.5. The van der Waals surface area contributed by atoms with Gasteiger partial charge in [-0.15, -0.1) is 11.8 Å². The van der Waals surface area contributed by atoms with Crippen molar-refractivity contribution in [3.05, 3.63) is 72.3 Å². The van der Waals surface area contributed by atoms with Crippen LogP contribution in [0.15, 0.2) is 76.5 Å². The van der Waals surface area contributed by atoms with Gasteiger partial charge in [0.25, 0.3) is 15.9 Å². The van der Waals surface area contributed by atoms with Gasteiger partial charge in [-0.05, 0) is 54.8 Å². The van der Waals surface area contributed by atoms with E-state index in [2.05, 4.69) is 10.0 Å². The van der Waals surface area contributed by atoms with Gasteiger partial charge < -0.3 is 14.8 Å². The molecule has 1 amide bonds. The number of hydrogen-bond acceptors (Lipinski definition) is 6. The first-order valence-electron chi connectivity index (χ1n) is 9.93. The number of ether oxygens (including phenoxy) is 2. The number of fused-ring (bicyclic) bond motifs is 1. The van der Waals surface area contributed by atoms with E-state index >= 15 is 0 Å². The summed E-state index contributed by atoms with van der Waals surface area (Å²) in [6.45, 7) is 1.00. The third kappa shape index (κ3) is 5.00. The molecule has 0 saturated heterocycles. The number of nitrogens with one attached hydrogen (secondary N) is 2. The van der Waals surface area contributed by atoms with Gasteiger partial charge in [0.15, 0.2) is 11.5 Å². The number of rotatable bonds is 6. The maximum absolute atomic E-state index is 12.8. The summed E-state index contributed by atoms with van der Waals surface area (Å²) in [5, 5.41) is 2.83. The Morgan fingerprint density at radius 3 is 2.34 bits per heavy atom. The van der Waals surface area contributed by atoms with Crippen LogP contribution in [0.4, 0.5) is 11.4 Å². The Morgan fingerprint density at radius 2 is 1.59 bits per heavy atom. The highest BCUT2D eigenvalue weighted by molar-refractivity contribution is 7.98. The van der Waals surface area contributed by atoms with Gasteiger partial charge in [-0.1, -0.05) is 12.1 Å². The maximum Gasteiger partial charge on any atom is 0.262 e. The standard InChI is InChI=1S/C23H22N2O5S2/c1-31-22-6-3-2-5-19(22)23(26)24-16-7-9-17(10-8-16)25-32(27,28)18-11-12-20-21(15-18)30-14-4-13-29-20/h2-3,5-12,15,25H,4,13-14H2,1H3,(H,24,26). The molecule has 0 unspecified atom stereocenters. The topological polar surface area (TPSA) is 93.7 Å². The van der Waals surface area contributed by atoms with E-state index < -0.39 is 10.0 Å². The molecular formula is C23H22N2O5S2. The lowest BCUT2D eigenvalue weighted by atomic mass is 10.2. The molecule has 3 aromatic carbocycles. The van der Waals surface area contributed by atoms with Crippen LogP contribution in [0.3, 0.4) is 0 Å².